The van der Waals surface area contributed by atoms with Crippen molar-refractivity contribution in [2.75, 3.05) is 0 Å². The zero-order chi connectivity index (χ0) is 12.1. The summed E-state index contributed by atoms with van der Waals surface area (Å²) in [7, 11) is 0. The summed E-state index contributed by atoms with van der Waals surface area (Å²) in [5, 5.41) is 2.92. The normalized spacial score (nSPS) is 11.9. The van der Waals surface area contributed by atoms with Crippen molar-refractivity contribution in [2.45, 2.75) is 26.3 Å². The van der Waals surface area contributed by atoms with Gasteiger partial charge >= 0.3 is 0 Å². The molecule has 1 atom stereocenters. The molecule has 1 aromatic carbocycles. The van der Waals surface area contributed by atoms with Crippen LogP contribution in [-0.4, -0.2) is 11.9 Å². The van der Waals surface area contributed by atoms with Gasteiger partial charge in [0.25, 0.3) is 5.91 Å². The Kier molecular flexibility index (Phi) is 4.74. The van der Waals surface area contributed by atoms with Crippen molar-refractivity contribution in [1.29, 1.82) is 0 Å². The maximum atomic E-state index is 11.9. The topological polar surface area (TPSA) is 29.1 Å². The van der Waals surface area contributed by atoms with E-state index in [0.29, 0.717) is 5.56 Å². The Labute approximate surface area is 105 Å². The number of rotatable bonds is 4. The fraction of sp³-hybridized carbons (Fsp3) is 0.308. The van der Waals surface area contributed by atoms with E-state index in [1.54, 1.807) is 6.08 Å². The monoisotopic (exact) mass is 281 g/mol. The molecule has 0 aromatic heterocycles. The van der Waals surface area contributed by atoms with E-state index in [0.717, 1.165) is 16.5 Å². The van der Waals surface area contributed by atoms with Gasteiger partial charge in [0.15, 0.2) is 0 Å². The second-order valence-electron chi connectivity index (χ2n) is 3.92. The number of carbonyl (C=O) groups is 1. The van der Waals surface area contributed by atoms with E-state index in [1.165, 1.54) is 0 Å². The molecular formula is C13H16BrNO. The van der Waals surface area contributed by atoms with Crippen LogP contribution in [0.2, 0.25) is 0 Å². The molecule has 1 unspecified atom stereocenters. The van der Waals surface area contributed by atoms with E-state index in [4.69, 9.17) is 0 Å². The summed E-state index contributed by atoms with van der Waals surface area (Å²) in [5.74, 6) is -0.0428. The van der Waals surface area contributed by atoms with Crippen molar-refractivity contribution in [1.82, 2.24) is 5.32 Å². The fourth-order valence-corrected chi connectivity index (χ4v) is 2.09. The molecular weight excluding hydrogens is 266 g/mol. The van der Waals surface area contributed by atoms with Crippen LogP contribution < -0.4 is 5.32 Å². The Hall–Kier alpha value is -1.09. The molecule has 86 valence electrons. The number of aryl methyl sites for hydroxylation is 1. The summed E-state index contributed by atoms with van der Waals surface area (Å²) in [5.41, 5.74) is 1.75. The molecule has 0 heterocycles. The maximum Gasteiger partial charge on any atom is 0.251 e. The molecule has 1 rings (SSSR count). The number of amides is 1. The van der Waals surface area contributed by atoms with Crippen molar-refractivity contribution < 1.29 is 4.79 Å². The van der Waals surface area contributed by atoms with E-state index in [2.05, 4.69) is 27.8 Å². The fourth-order valence-electron chi connectivity index (χ4n) is 1.48. The van der Waals surface area contributed by atoms with Gasteiger partial charge in [-0.25, -0.2) is 0 Å². The van der Waals surface area contributed by atoms with Crippen molar-refractivity contribution in [3.8, 4) is 0 Å². The molecule has 0 fully saturated rings. The number of carbonyl (C=O) groups excluding carboxylic acids is 1. The van der Waals surface area contributed by atoms with Crippen LogP contribution in [0.4, 0.5) is 0 Å². The van der Waals surface area contributed by atoms with E-state index in [-0.39, 0.29) is 11.9 Å². The van der Waals surface area contributed by atoms with Gasteiger partial charge < -0.3 is 5.32 Å². The molecule has 0 radical (unpaired) electrons. The molecule has 1 amide bonds. The maximum absolute atomic E-state index is 11.9. The lowest BCUT2D eigenvalue weighted by molar-refractivity contribution is 0.0940. The van der Waals surface area contributed by atoms with E-state index in [9.17, 15) is 4.79 Å². The minimum Gasteiger partial charge on any atom is -0.349 e. The van der Waals surface area contributed by atoms with Gasteiger partial charge in [-0.05, 0) is 44.0 Å². The van der Waals surface area contributed by atoms with Crippen molar-refractivity contribution in [2.24, 2.45) is 0 Å². The number of hydrogen-bond donors (Lipinski definition) is 1. The highest BCUT2D eigenvalue weighted by Crippen LogP contribution is 2.15. The zero-order valence-corrected chi connectivity index (χ0v) is 11.2. The van der Waals surface area contributed by atoms with Crippen molar-refractivity contribution in [3.63, 3.8) is 0 Å². The molecule has 1 N–H and O–H groups in total. The summed E-state index contributed by atoms with van der Waals surface area (Å²) >= 11 is 3.38. The summed E-state index contributed by atoms with van der Waals surface area (Å²) < 4.78 is 0.925. The van der Waals surface area contributed by atoms with Gasteiger partial charge in [-0.3, -0.25) is 4.79 Å². The Balaban J connectivity index is 2.76. The number of halogens is 1. The minimum absolute atomic E-state index is 0.0428. The third-order valence-corrected chi connectivity index (χ3v) is 2.66. The third kappa shape index (κ3) is 3.81. The van der Waals surface area contributed by atoms with Crippen LogP contribution >= 0.6 is 15.9 Å². The lowest BCUT2D eigenvalue weighted by Gasteiger charge is -2.12. The molecule has 0 bridgehead atoms. The predicted molar refractivity (Wildman–Crippen MR) is 70.6 cm³/mol. The highest BCUT2D eigenvalue weighted by Gasteiger charge is 2.09. The van der Waals surface area contributed by atoms with Gasteiger partial charge in [0.2, 0.25) is 0 Å². The lowest BCUT2D eigenvalue weighted by atomic mass is 10.1. The molecule has 3 heteroatoms. The molecule has 0 saturated heterocycles. The SMILES string of the molecule is C=CCC(C)NC(=O)c1cc(C)cc(Br)c1. The first-order valence-corrected chi connectivity index (χ1v) is 6.01. The summed E-state index contributed by atoms with van der Waals surface area (Å²) in [6.07, 6.45) is 2.58. The van der Waals surface area contributed by atoms with Gasteiger partial charge in [0.05, 0.1) is 0 Å². The summed E-state index contributed by atoms with van der Waals surface area (Å²) in [6, 6.07) is 5.79. The van der Waals surface area contributed by atoms with E-state index >= 15 is 0 Å². The van der Waals surface area contributed by atoms with Crippen LogP contribution in [0.3, 0.4) is 0 Å². The number of nitrogens with one attached hydrogen (secondary N) is 1. The Morgan fingerprint density at radius 3 is 2.81 bits per heavy atom. The molecule has 0 aliphatic heterocycles. The number of hydrogen-bond acceptors (Lipinski definition) is 1. The first-order valence-electron chi connectivity index (χ1n) is 5.22. The molecule has 0 aliphatic rings. The van der Waals surface area contributed by atoms with Gasteiger partial charge in [-0.1, -0.05) is 22.0 Å². The van der Waals surface area contributed by atoms with Crippen LogP contribution in [0.25, 0.3) is 0 Å². The first-order chi connectivity index (χ1) is 7.52. The molecule has 0 aliphatic carbocycles. The van der Waals surface area contributed by atoms with Crippen molar-refractivity contribution >= 4 is 21.8 Å². The third-order valence-electron chi connectivity index (χ3n) is 2.20. The molecule has 2 nitrogen and oxygen atoms in total. The van der Waals surface area contributed by atoms with E-state index < -0.39 is 0 Å². The van der Waals surface area contributed by atoms with E-state index in [1.807, 2.05) is 32.0 Å². The van der Waals surface area contributed by atoms with Gasteiger partial charge in [-0.2, -0.15) is 0 Å². The molecule has 0 spiro atoms. The average molecular weight is 282 g/mol. The van der Waals surface area contributed by atoms with Crippen LogP contribution in [0.1, 0.15) is 29.3 Å². The molecule has 1 aromatic rings. The predicted octanol–water partition coefficient (Wildman–Crippen LogP) is 3.45. The summed E-state index contributed by atoms with van der Waals surface area (Å²) in [6.45, 7) is 7.58. The van der Waals surface area contributed by atoms with Gasteiger partial charge in [0, 0.05) is 16.1 Å². The first kappa shape index (κ1) is 13.0. The minimum atomic E-state index is -0.0428. The second-order valence-corrected chi connectivity index (χ2v) is 4.83. The highest BCUT2D eigenvalue weighted by atomic mass is 79.9. The van der Waals surface area contributed by atoms with Gasteiger partial charge in [-0.15, -0.1) is 6.58 Å². The molecule has 0 saturated carbocycles. The second kappa shape index (κ2) is 5.85. The van der Waals surface area contributed by atoms with Crippen molar-refractivity contribution in [3.05, 3.63) is 46.5 Å². The van der Waals surface area contributed by atoms with Crippen LogP contribution in [0.5, 0.6) is 0 Å². The van der Waals surface area contributed by atoms with Crippen LogP contribution in [0.15, 0.2) is 35.3 Å². The zero-order valence-electron chi connectivity index (χ0n) is 9.59. The van der Waals surface area contributed by atoms with Crippen LogP contribution in [0, 0.1) is 6.92 Å². The smallest absolute Gasteiger partial charge is 0.251 e. The largest absolute Gasteiger partial charge is 0.349 e. The lowest BCUT2D eigenvalue weighted by Crippen LogP contribution is -2.32. The van der Waals surface area contributed by atoms with Gasteiger partial charge in [0.1, 0.15) is 0 Å². The number of benzene rings is 1. The Bertz CT molecular complexity index is 381. The quantitative estimate of drug-likeness (QED) is 0.842. The standard InChI is InChI=1S/C13H16BrNO/c1-4-5-10(3)15-13(16)11-6-9(2)7-12(14)8-11/h4,6-8,10H,1,5H2,2-3H3,(H,15,16). The highest BCUT2D eigenvalue weighted by molar-refractivity contribution is 9.10. The van der Waals surface area contributed by atoms with Crippen LogP contribution in [-0.2, 0) is 0 Å². The molecule has 16 heavy (non-hydrogen) atoms. The Morgan fingerprint density at radius 1 is 1.56 bits per heavy atom. The summed E-state index contributed by atoms with van der Waals surface area (Å²) in [4.78, 5) is 11.9. The Morgan fingerprint density at radius 2 is 2.25 bits per heavy atom. The average Bonchev–Trinajstić information content (AvgIpc) is 2.16.